The van der Waals surface area contributed by atoms with E-state index in [1.807, 2.05) is 12.1 Å². The fourth-order valence-corrected chi connectivity index (χ4v) is 2.74. The molecule has 0 aromatic heterocycles. The number of rotatable bonds is 4. The van der Waals surface area contributed by atoms with Crippen LogP contribution in [0.25, 0.3) is 0 Å². The number of carbonyl (C=O) groups excluding carboxylic acids is 1. The van der Waals surface area contributed by atoms with Gasteiger partial charge in [0, 0.05) is 24.5 Å². The molecule has 0 spiro atoms. The van der Waals surface area contributed by atoms with Gasteiger partial charge in [0.15, 0.2) is 0 Å². The number of amides is 1. The zero-order valence-corrected chi connectivity index (χ0v) is 12.3. The Labute approximate surface area is 128 Å². The van der Waals surface area contributed by atoms with Crippen molar-refractivity contribution in [3.63, 3.8) is 0 Å². The lowest BCUT2D eigenvalue weighted by Crippen LogP contribution is -2.24. The molecule has 1 aromatic carbocycles. The summed E-state index contributed by atoms with van der Waals surface area (Å²) in [5.74, 6) is 0.0242. The highest BCUT2D eigenvalue weighted by Crippen LogP contribution is 2.41. The fraction of sp³-hybridized carbons (Fsp3) is 0.438. The average molecular weight is 310 g/mol. The maximum absolute atomic E-state index is 13.4. The summed E-state index contributed by atoms with van der Waals surface area (Å²) in [4.78, 5) is 11.8. The van der Waals surface area contributed by atoms with Crippen LogP contribution in [0, 0.1) is 11.7 Å². The Morgan fingerprint density at radius 1 is 1.48 bits per heavy atom. The highest BCUT2D eigenvalue weighted by molar-refractivity contribution is 6.30. The molecular weight excluding hydrogens is 293 g/mol. The van der Waals surface area contributed by atoms with Gasteiger partial charge in [-0.3, -0.25) is 4.79 Å². The van der Waals surface area contributed by atoms with Gasteiger partial charge in [0.1, 0.15) is 5.82 Å². The SMILES string of the molecule is O=C(/C=C/C1CCOC1)N[C@@H]1C[C@H]1c1ccc(Cl)c(F)c1. The molecule has 2 aliphatic rings. The van der Waals surface area contributed by atoms with E-state index in [2.05, 4.69) is 5.32 Å². The van der Waals surface area contributed by atoms with E-state index in [1.54, 1.807) is 12.1 Å². The molecule has 5 heteroatoms. The molecule has 1 N–H and O–H groups in total. The number of halogens is 2. The molecule has 3 nitrogen and oxygen atoms in total. The molecule has 2 fully saturated rings. The Kier molecular flexibility index (Phi) is 4.27. The average Bonchev–Trinajstić information content (AvgIpc) is 3.01. The number of hydrogen-bond acceptors (Lipinski definition) is 2. The number of nitrogens with one attached hydrogen (secondary N) is 1. The van der Waals surface area contributed by atoms with E-state index in [9.17, 15) is 9.18 Å². The van der Waals surface area contributed by atoms with Crippen LogP contribution in [-0.4, -0.2) is 25.2 Å². The second-order valence-corrected chi connectivity index (χ2v) is 6.02. The van der Waals surface area contributed by atoms with Crippen LogP contribution in [0.5, 0.6) is 0 Å². The van der Waals surface area contributed by atoms with Gasteiger partial charge in [-0.15, -0.1) is 0 Å². The first-order chi connectivity index (χ1) is 10.1. The van der Waals surface area contributed by atoms with Crippen LogP contribution in [0.4, 0.5) is 4.39 Å². The lowest BCUT2D eigenvalue weighted by Gasteiger charge is -2.04. The minimum absolute atomic E-state index is 0.0857. The van der Waals surface area contributed by atoms with Crippen LogP contribution in [-0.2, 0) is 9.53 Å². The van der Waals surface area contributed by atoms with Gasteiger partial charge in [0.25, 0.3) is 0 Å². The van der Waals surface area contributed by atoms with Gasteiger partial charge in [0.05, 0.1) is 11.6 Å². The van der Waals surface area contributed by atoms with Crippen molar-refractivity contribution >= 4 is 17.5 Å². The van der Waals surface area contributed by atoms with E-state index in [4.69, 9.17) is 16.3 Å². The fourth-order valence-electron chi connectivity index (χ4n) is 2.62. The Hall–Kier alpha value is -1.39. The van der Waals surface area contributed by atoms with E-state index >= 15 is 0 Å². The summed E-state index contributed by atoms with van der Waals surface area (Å²) < 4.78 is 18.7. The first-order valence-electron chi connectivity index (χ1n) is 7.15. The molecule has 112 valence electrons. The summed E-state index contributed by atoms with van der Waals surface area (Å²) in [5, 5.41) is 3.07. The highest BCUT2D eigenvalue weighted by atomic mass is 35.5. The second kappa shape index (κ2) is 6.16. The molecule has 1 aliphatic carbocycles. The number of ether oxygens (including phenoxy) is 1. The third-order valence-corrected chi connectivity index (χ3v) is 4.28. The van der Waals surface area contributed by atoms with Gasteiger partial charge in [-0.1, -0.05) is 23.7 Å². The van der Waals surface area contributed by atoms with E-state index in [0.717, 1.165) is 25.0 Å². The van der Waals surface area contributed by atoms with E-state index in [-0.39, 0.29) is 22.9 Å². The molecule has 1 aromatic rings. The lowest BCUT2D eigenvalue weighted by atomic mass is 10.1. The van der Waals surface area contributed by atoms with Crippen LogP contribution in [0.1, 0.15) is 24.3 Å². The first-order valence-corrected chi connectivity index (χ1v) is 7.52. The summed E-state index contributed by atoms with van der Waals surface area (Å²) in [7, 11) is 0. The molecule has 1 heterocycles. The van der Waals surface area contributed by atoms with Gasteiger partial charge in [-0.25, -0.2) is 4.39 Å². The minimum Gasteiger partial charge on any atom is -0.381 e. The molecule has 21 heavy (non-hydrogen) atoms. The lowest BCUT2D eigenvalue weighted by molar-refractivity contribution is -0.116. The largest absolute Gasteiger partial charge is 0.381 e. The summed E-state index contributed by atoms with van der Waals surface area (Å²) in [6, 6.07) is 4.91. The predicted molar refractivity (Wildman–Crippen MR) is 78.8 cm³/mol. The Balaban J connectivity index is 1.51. The third kappa shape index (κ3) is 3.63. The standard InChI is InChI=1S/C16H17ClFNO2/c17-13-3-2-11(7-14(13)18)12-8-15(12)19-16(20)4-1-10-5-6-21-9-10/h1-4,7,10,12,15H,5-6,8-9H2,(H,19,20)/b4-1+/t10?,12-,15+/m0/s1. The number of hydrogen-bond donors (Lipinski definition) is 1. The van der Waals surface area contributed by atoms with Crippen LogP contribution in [0.3, 0.4) is 0 Å². The Morgan fingerprint density at radius 2 is 2.33 bits per heavy atom. The maximum Gasteiger partial charge on any atom is 0.243 e. The van der Waals surface area contributed by atoms with Gasteiger partial charge in [-0.05, 0) is 36.6 Å². The molecule has 1 saturated heterocycles. The number of benzene rings is 1. The quantitative estimate of drug-likeness (QED) is 0.868. The third-order valence-electron chi connectivity index (χ3n) is 3.97. The van der Waals surface area contributed by atoms with E-state index < -0.39 is 5.82 Å². The van der Waals surface area contributed by atoms with Gasteiger partial charge < -0.3 is 10.1 Å². The Morgan fingerprint density at radius 3 is 3.05 bits per heavy atom. The zero-order chi connectivity index (χ0) is 14.8. The molecule has 0 bridgehead atoms. The zero-order valence-electron chi connectivity index (χ0n) is 11.5. The molecule has 1 aliphatic heterocycles. The minimum atomic E-state index is -0.410. The molecule has 1 amide bonds. The first kappa shape index (κ1) is 14.5. The monoisotopic (exact) mass is 309 g/mol. The maximum atomic E-state index is 13.4. The molecule has 3 rings (SSSR count). The van der Waals surface area contributed by atoms with Crippen molar-refractivity contribution in [2.75, 3.05) is 13.2 Å². The van der Waals surface area contributed by atoms with Crippen molar-refractivity contribution in [3.8, 4) is 0 Å². The molecule has 3 atom stereocenters. The molecule has 0 radical (unpaired) electrons. The molecule has 1 saturated carbocycles. The van der Waals surface area contributed by atoms with Gasteiger partial charge in [-0.2, -0.15) is 0 Å². The van der Waals surface area contributed by atoms with E-state index in [1.165, 1.54) is 6.07 Å². The van der Waals surface area contributed by atoms with Crippen molar-refractivity contribution in [1.29, 1.82) is 0 Å². The van der Waals surface area contributed by atoms with Crippen LogP contribution in [0.2, 0.25) is 5.02 Å². The smallest absolute Gasteiger partial charge is 0.243 e. The van der Waals surface area contributed by atoms with Crippen molar-refractivity contribution < 1.29 is 13.9 Å². The van der Waals surface area contributed by atoms with Crippen molar-refractivity contribution in [1.82, 2.24) is 5.32 Å². The summed E-state index contributed by atoms with van der Waals surface area (Å²) in [6.07, 6.45) is 5.30. The normalized spacial score (nSPS) is 28.0. The van der Waals surface area contributed by atoms with Crippen LogP contribution in [0.15, 0.2) is 30.4 Å². The molecule has 1 unspecified atom stereocenters. The summed E-state index contributed by atoms with van der Waals surface area (Å²) in [5.41, 5.74) is 0.885. The van der Waals surface area contributed by atoms with Crippen molar-refractivity contribution in [3.05, 3.63) is 46.8 Å². The Bertz CT molecular complexity index is 569. The van der Waals surface area contributed by atoms with Crippen LogP contribution < -0.4 is 5.32 Å². The summed E-state index contributed by atoms with van der Waals surface area (Å²) in [6.45, 7) is 1.46. The van der Waals surface area contributed by atoms with E-state index in [0.29, 0.717) is 12.5 Å². The topological polar surface area (TPSA) is 38.3 Å². The van der Waals surface area contributed by atoms with Crippen molar-refractivity contribution in [2.45, 2.75) is 24.8 Å². The highest BCUT2D eigenvalue weighted by Gasteiger charge is 2.39. The van der Waals surface area contributed by atoms with Gasteiger partial charge in [0.2, 0.25) is 5.91 Å². The second-order valence-electron chi connectivity index (χ2n) is 5.61. The summed E-state index contributed by atoms with van der Waals surface area (Å²) >= 11 is 5.67. The number of carbonyl (C=O) groups is 1. The van der Waals surface area contributed by atoms with Gasteiger partial charge >= 0.3 is 0 Å². The van der Waals surface area contributed by atoms with Crippen molar-refractivity contribution in [2.24, 2.45) is 5.92 Å². The predicted octanol–water partition coefficient (Wildman–Crippen LogP) is 3.04. The molecular formula is C16H17ClFNO2. The van der Waals surface area contributed by atoms with Crippen LogP contribution >= 0.6 is 11.6 Å².